The molecular formula is C15H15N5O6. The molecule has 0 unspecified atom stereocenters. The quantitative estimate of drug-likeness (QED) is 0.455. The van der Waals surface area contributed by atoms with Crippen LogP contribution in [0.3, 0.4) is 0 Å². The van der Waals surface area contributed by atoms with E-state index in [2.05, 4.69) is 15.0 Å². The third-order valence-electron chi connectivity index (χ3n) is 4.24. The summed E-state index contributed by atoms with van der Waals surface area (Å²) in [6.07, 6.45) is 0.531. The zero-order valence-electron chi connectivity index (χ0n) is 13.3. The smallest absolute Gasteiger partial charge is 0.353 e. The van der Waals surface area contributed by atoms with Crippen LogP contribution < -0.4 is 17.1 Å². The molecule has 0 amide bonds. The maximum absolute atomic E-state index is 12.3. The van der Waals surface area contributed by atoms with Gasteiger partial charge in [-0.05, 0) is 6.07 Å². The average Bonchev–Trinajstić information content (AvgIpc) is 3.16. The van der Waals surface area contributed by atoms with Gasteiger partial charge in [-0.3, -0.25) is 9.55 Å². The highest BCUT2D eigenvalue weighted by Gasteiger charge is 2.35. The number of aromatic amines is 1. The topological polar surface area (TPSA) is 169 Å². The predicted octanol–water partition coefficient (Wildman–Crippen LogP) is -1.04. The Balaban J connectivity index is 1.76. The van der Waals surface area contributed by atoms with Crippen molar-refractivity contribution in [2.24, 2.45) is 0 Å². The summed E-state index contributed by atoms with van der Waals surface area (Å²) in [5, 5.41) is 19.5. The number of aliphatic hydroxyl groups is 2. The summed E-state index contributed by atoms with van der Waals surface area (Å²) in [6, 6.07) is 1.60. The molecule has 1 fully saturated rings. The number of nitrogens with zero attached hydrogens (tertiary/aromatic N) is 3. The molecule has 3 aromatic heterocycles. The molecule has 0 bridgehead atoms. The van der Waals surface area contributed by atoms with E-state index in [9.17, 15) is 19.8 Å². The number of aliphatic hydroxyl groups excluding tert-OH is 2. The Kier molecular flexibility index (Phi) is 3.83. The molecule has 3 atom stereocenters. The Morgan fingerprint density at radius 2 is 2.23 bits per heavy atom. The van der Waals surface area contributed by atoms with Gasteiger partial charge in [-0.25, -0.2) is 14.6 Å². The molecule has 1 aliphatic heterocycles. The molecule has 11 heteroatoms. The molecule has 3 aromatic rings. The van der Waals surface area contributed by atoms with Crippen molar-refractivity contribution in [1.29, 1.82) is 0 Å². The molecule has 0 aliphatic carbocycles. The van der Waals surface area contributed by atoms with Crippen LogP contribution in [0.25, 0.3) is 22.4 Å². The molecule has 1 saturated heterocycles. The van der Waals surface area contributed by atoms with E-state index in [4.69, 9.17) is 14.9 Å². The van der Waals surface area contributed by atoms with Gasteiger partial charge in [0.2, 0.25) is 5.71 Å². The van der Waals surface area contributed by atoms with Crippen LogP contribution in [0.4, 0.5) is 5.82 Å². The monoisotopic (exact) mass is 361 g/mol. The van der Waals surface area contributed by atoms with Crippen LogP contribution in [0, 0.1) is 0 Å². The number of hydrogen-bond acceptors (Lipinski definition) is 9. The molecule has 136 valence electrons. The van der Waals surface area contributed by atoms with E-state index in [1.807, 2.05) is 0 Å². The highest BCUT2D eigenvalue weighted by atomic mass is 16.5. The number of rotatable bonds is 3. The highest BCUT2D eigenvalue weighted by Crippen LogP contribution is 2.31. The largest absolute Gasteiger partial charge is 0.437 e. The first-order valence-electron chi connectivity index (χ1n) is 7.78. The number of aromatic nitrogens is 4. The van der Waals surface area contributed by atoms with Gasteiger partial charge in [0.1, 0.15) is 23.9 Å². The van der Waals surface area contributed by atoms with Gasteiger partial charge in [0.25, 0.3) is 0 Å². The fourth-order valence-corrected chi connectivity index (χ4v) is 2.92. The molecule has 0 saturated carbocycles. The zero-order chi connectivity index (χ0) is 18.4. The number of hydrogen-bond donors (Lipinski definition) is 4. The third kappa shape index (κ3) is 2.67. The van der Waals surface area contributed by atoms with Gasteiger partial charge in [0.15, 0.2) is 0 Å². The first-order chi connectivity index (χ1) is 12.5. The summed E-state index contributed by atoms with van der Waals surface area (Å²) in [4.78, 5) is 33.3. The van der Waals surface area contributed by atoms with Crippen LogP contribution >= 0.6 is 0 Å². The Bertz CT molecular complexity index is 1090. The van der Waals surface area contributed by atoms with Gasteiger partial charge in [0, 0.05) is 18.8 Å². The van der Waals surface area contributed by atoms with Gasteiger partial charge in [-0.15, -0.1) is 0 Å². The normalized spacial score (nSPS) is 22.9. The lowest BCUT2D eigenvalue weighted by Crippen LogP contribution is -2.27. The lowest BCUT2D eigenvalue weighted by atomic mass is 10.2. The second kappa shape index (κ2) is 6.05. The summed E-state index contributed by atoms with van der Waals surface area (Å²) < 4.78 is 12.3. The predicted molar refractivity (Wildman–Crippen MR) is 88.2 cm³/mol. The lowest BCUT2D eigenvalue weighted by Gasteiger charge is -2.13. The fourth-order valence-electron chi connectivity index (χ4n) is 2.92. The average molecular weight is 361 g/mol. The Morgan fingerprint density at radius 3 is 2.92 bits per heavy atom. The van der Waals surface area contributed by atoms with Crippen molar-refractivity contribution in [3.05, 3.63) is 39.4 Å². The van der Waals surface area contributed by atoms with Crippen molar-refractivity contribution in [2.75, 3.05) is 12.3 Å². The van der Waals surface area contributed by atoms with Crippen molar-refractivity contribution in [3.8, 4) is 11.3 Å². The highest BCUT2D eigenvalue weighted by molar-refractivity contribution is 5.81. The lowest BCUT2D eigenvalue weighted by molar-refractivity contribution is -0.0457. The zero-order valence-corrected chi connectivity index (χ0v) is 13.3. The number of nitrogens with one attached hydrogen (secondary N) is 1. The van der Waals surface area contributed by atoms with Crippen LogP contribution in [0.15, 0.2) is 32.5 Å². The molecular weight excluding hydrogens is 346 g/mol. The molecule has 5 N–H and O–H groups in total. The first kappa shape index (κ1) is 16.4. The van der Waals surface area contributed by atoms with Crippen molar-refractivity contribution in [3.63, 3.8) is 0 Å². The van der Waals surface area contributed by atoms with Crippen molar-refractivity contribution < 1.29 is 19.4 Å². The van der Waals surface area contributed by atoms with Crippen LogP contribution in [0.2, 0.25) is 0 Å². The maximum atomic E-state index is 12.3. The summed E-state index contributed by atoms with van der Waals surface area (Å²) in [7, 11) is 0. The minimum absolute atomic E-state index is 0.0762. The van der Waals surface area contributed by atoms with E-state index < -0.39 is 29.8 Å². The van der Waals surface area contributed by atoms with Gasteiger partial charge < -0.3 is 25.1 Å². The van der Waals surface area contributed by atoms with E-state index in [1.54, 1.807) is 6.07 Å². The van der Waals surface area contributed by atoms with Crippen molar-refractivity contribution >= 4 is 16.9 Å². The van der Waals surface area contributed by atoms with E-state index in [0.717, 1.165) is 0 Å². The number of ether oxygens (including phenoxy) is 1. The van der Waals surface area contributed by atoms with Gasteiger partial charge >= 0.3 is 11.4 Å². The number of H-pyrrole nitrogens is 1. The standard InChI is InChI=1S/C15H15N5O6/c16-12-7(3-17-14(23)18-12)9-1-6-4-20(15(24)19-13(6)26-9)11-2-8(22)10(5-21)25-11/h1,3-4,8,10-11,21-22H,2,5H2,(H3,16,17,18,23)/t8-,10+,11+/m0/s1. The third-order valence-corrected chi connectivity index (χ3v) is 4.24. The molecule has 0 radical (unpaired) electrons. The minimum Gasteiger partial charge on any atom is -0.437 e. The summed E-state index contributed by atoms with van der Waals surface area (Å²) in [6.45, 7) is -0.351. The van der Waals surface area contributed by atoms with E-state index >= 15 is 0 Å². The van der Waals surface area contributed by atoms with Crippen LogP contribution in [0.1, 0.15) is 12.6 Å². The fraction of sp³-hybridized carbons (Fsp3) is 0.333. The Morgan fingerprint density at radius 1 is 1.42 bits per heavy atom. The van der Waals surface area contributed by atoms with Crippen LogP contribution in [-0.4, -0.2) is 48.5 Å². The second-order valence-electron chi connectivity index (χ2n) is 5.93. The van der Waals surface area contributed by atoms with Crippen molar-refractivity contribution in [1.82, 2.24) is 19.5 Å². The van der Waals surface area contributed by atoms with Crippen LogP contribution in [0.5, 0.6) is 0 Å². The molecule has 4 heterocycles. The number of nitrogens with two attached hydrogens (primary N) is 1. The van der Waals surface area contributed by atoms with Gasteiger partial charge in [0.05, 0.1) is 23.7 Å². The van der Waals surface area contributed by atoms with E-state index in [1.165, 1.54) is 17.0 Å². The molecule has 0 spiro atoms. The van der Waals surface area contributed by atoms with Crippen molar-refractivity contribution in [2.45, 2.75) is 24.9 Å². The number of fused-ring (bicyclic) bond motifs is 1. The summed E-state index contributed by atoms with van der Waals surface area (Å²) in [5.41, 5.74) is 5.00. The molecule has 11 nitrogen and oxygen atoms in total. The van der Waals surface area contributed by atoms with E-state index in [0.29, 0.717) is 10.9 Å². The number of nitrogen functional groups attached to an aromatic ring is 1. The summed E-state index contributed by atoms with van der Waals surface area (Å²) >= 11 is 0. The molecule has 26 heavy (non-hydrogen) atoms. The molecule has 4 rings (SSSR count). The summed E-state index contributed by atoms with van der Waals surface area (Å²) in [5.74, 6) is 0.360. The Labute approximate surface area is 144 Å². The maximum Gasteiger partial charge on any atom is 0.353 e. The number of furan rings is 1. The first-order valence-corrected chi connectivity index (χ1v) is 7.78. The second-order valence-corrected chi connectivity index (χ2v) is 5.93. The molecule has 1 aliphatic rings. The van der Waals surface area contributed by atoms with E-state index in [-0.39, 0.29) is 30.3 Å². The Hall–Kier alpha value is -3.02. The SMILES string of the molecule is Nc1[nH]c(=O)ncc1-c1cc2cn([C@H]3C[C@H](O)[C@@H](CO)O3)c(=O)nc2o1. The van der Waals surface area contributed by atoms with Gasteiger partial charge in [-0.2, -0.15) is 4.98 Å². The van der Waals surface area contributed by atoms with Gasteiger partial charge in [-0.1, -0.05) is 0 Å². The minimum atomic E-state index is -0.875. The molecule has 0 aromatic carbocycles. The van der Waals surface area contributed by atoms with Crippen LogP contribution in [-0.2, 0) is 4.74 Å². The number of anilines is 1.